The Bertz CT molecular complexity index is 939. The van der Waals surface area contributed by atoms with E-state index in [0.717, 1.165) is 16.0 Å². The van der Waals surface area contributed by atoms with E-state index in [1.807, 2.05) is 60.7 Å². The van der Waals surface area contributed by atoms with E-state index in [1.165, 1.54) is 16.7 Å². The number of carbonyl (C=O) groups is 2. The molecule has 5 nitrogen and oxygen atoms in total. The van der Waals surface area contributed by atoms with E-state index in [9.17, 15) is 9.59 Å². The predicted octanol–water partition coefficient (Wildman–Crippen LogP) is 3.69. The molecule has 154 valence electrons. The number of hydrogen-bond donors (Lipinski definition) is 1. The van der Waals surface area contributed by atoms with Crippen LogP contribution in [0.1, 0.15) is 17.2 Å². The summed E-state index contributed by atoms with van der Waals surface area (Å²) in [4.78, 5) is 28.2. The lowest BCUT2D eigenvalue weighted by Gasteiger charge is -2.48. The summed E-state index contributed by atoms with van der Waals surface area (Å²) in [6, 6.07) is 18.6. The molecule has 1 fully saturated rings. The number of nitrogens with zero attached hydrogens (tertiary/aromatic N) is 1. The molecule has 2 aromatic rings. The fraction of sp³-hybridized carbons (Fsp3) is 0.217. The Kier molecular flexibility index (Phi) is 6.32. The first-order valence-corrected chi connectivity index (χ1v) is 11.6. The molecule has 2 atom stereocenters. The molecular formula is C23H22N2O3S2. The van der Waals surface area contributed by atoms with Gasteiger partial charge in [0.1, 0.15) is 17.1 Å². The zero-order chi connectivity index (χ0) is 21.1. The summed E-state index contributed by atoms with van der Waals surface area (Å²) >= 11 is 3.08. The maximum Gasteiger partial charge on any atom is 0.356 e. The fourth-order valence-electron chi connectivity index (χ4n) is 3.49. The predicted molar refractivity (Wildman–Crippen MR) is 122 cm³/mol. The second-order valence-corrected chi connectivity index (χ2v) is 9.13. The molecule has 0 radical (unpaired) electrons. The summed E-state index contributed by atoms with van der Waals surface area (Å²) in [5.41, 5.74) is 8.01. The minimum absolute atomic E-state index is 0.222. The molecule has 7 heteroatoms. The minimum Gasteiger partial charge on any atom is -0.448 e. The van der Waals surface area contributed by atoms with Gasteiger partial charge in [-0.1, -0.05) is 66.7 Å². The Hall–Kier alpha value is -2.48. The minimum atomic E-state index is -0.581. The van der Waals surface area contributed by atoms with Crippen molar-refractivity contribution in [1.29, 1.82) is 0 Å². The number of amides is 1. The van der Waals surface area contributed by atoms with Crippen LogP contribution in [-0.4, -0.2) is 39.7 Å². The van der Waals surface area contributed by atoms with Gasteiger partial charge in [0.2, 0.25) is 5.91 Å². The van der Waals surface area contributed by atoms with Gasteiger partial charge in [-0.25, -0.2) is 4.79 Å². The van der Waals surface area contributed by atoms with Gasteiger partial charge in [0.15, 0.2) is 6.10 Å². The number of esters is 1. The number of nitrogens with two attached hydrogens (primary N) is 1. The van der Waals surface area contributed by atoms with Gasteiger partial charge < -0.3 is 10.5 Å². The summed E-state index contributed by atoms with van der Waals surface area (Å²) < 4.78 is 6.03. The number of rotatable bonds is 7. The Morgan fingerprint density at radius 2 is 1.80 bits per heavy atom. The highest BCUT2D eigenvalue weighted by Crippen LogP contribution is 2.43. The lowest BCUT2D eigenvalue weighted by molar-refractivity contribution is -0.152. The van der Waals surface area contributed by atoms with Crippen molar-refractivity contribution in [3.8, 4) is 0 Å². The monoisotopic (exact) mass is 438 g/mol. The Morgan fingerprint density at radius 3 is 2.37 bits per heavy atom. The van der Waals surface area contributed by atoms with E-state index in [2.05, 4.69) is 6.58 Å². The van der Waals surface area contributed by atoms with Crippen LogP contribution in [0.25, 0.3) is 0 Å². The van der Waals surface area contributed by atoms with Gasteiger partial charge in [-0.3, -0.25) is 9.69 Å². The normalized spacial score (nSPS) is 20.6. The third-order valence-corrected chi connectivity index (χ3v) is 7.54. The molecular weight excluding hydrogens is 416 g/mol. The van der Waals surface area contributed by atoms with Crippen molar-refractivity contribution in [2.24, 2.45) is 5.73 Å². The molecule has 2 N–H and O–H groups in total. The lowest BCUT2D eigenvalue weighted by Crippen LogP contribution is -2.68. The number of thioether (sulfide) groups is 2. The number of carbonyl (C=O) groups excluding carboxylic acids is 2. The zero-order valence-corrected chi connectivity index (χ0v) is 17.9. The first-order valence-electron chi connectivity index (χ1n) is 9.59. The Labute approximate surface area is 184 Å². The average Bonchev–Trinajstić information content (AvgIpc) is 2.81. The highest BCUT2D eigenvalue weighted by atomic mass is 32.2. The lowest BCUT2D eigenvalue weighted by atomic mass is 10.0. The number of ether oxygens (including phenoxy) is 1. The van der Waals surface area contributed by atoms with E-state index >= 15 is 0 Å². The third-order valence-electron chi connectivity index (χ3n) is 4.97. The van der Waals surface area contributed by atoms with Crippen LogP contribution < -0.4 is 5.73 Å². The third kappa shape index (κ3) is 3.93. The van der Waals surface area contributed by atoms with Gasteiger partial charge in [-0.2, -0.15) is 0 Å². The van der Waals surface area contributed by atoms with Crippen LogP contribution in [0.15, 0.2) is 83.9 Å². The topological polar surface area (TPSA) is 72.6 Å². The van der Waals surface area contributed by atoms with E-state index in [4.69, 9.17) is 10.5 Å². The zero-order valence-electron chi connectivity index (χ0n) is 16.3. The van der Waals surface area contributed by atoms with Gasteiger partial charge in [0.25, 0.3) is 0 Å². The molecule has 1 saturated heterocycles. The van der Waals surface area contributed by atoms with Crippen LogP contribution in [0, 0.1) is 0 Å². The summed E-state index contributed by atoms with van der Waals surface area (Å²) in [6.07, 6.45) is 1.20. The van der Waals surface area contributed by atoms with Crippen LogP contribution in [0.4, 0.5) is 0 Å². The summed E-state index contributed by atoms with van der Waals surface area (Å²) in [7, 11) is 0. The van der Waals surface area contributed by atoms with Crippen LogP contribution in [0.3, 0.4) is 0 Å². The largest absolute Gasteiger partial charge is 0.448 e. The molecule has 0 aromatic heterocycles. The molecule has 2 aliphatic heterocycles. The van der Waals surface area contributed by atoms with Gasteiger partial charge in [0, 0.05) is 16.4 Å². The SMILES string of the molecule is C=CCSC1=C(C(=O)OC(c2ccccc2)c2ccccc2)N2C(=O)[C@@H](N)[C@H]2SC1. The van der Waals surface area contributed by atoms with Crippen molar-refractivity contribution in [3.05, 3.63) is 95.0 Å². The first kappa shape index (κ1) is 20.8. The maximum absolute atomic E-state index is 13.4. The van der Waals surface area contributed by atoms with Crippen molar-refractivity contribution in [1.82, 2.24) is 4.90 Å². The second-order valence-electron chi connectivity index (χ2n) is 6.91. The van der Waals surface area contributed by atoms with Crippen molar-refractivity contribution in [2.45, 2.75) is 17.5 Å². The molecule has 0 unspecified atom stereocenters. The maximum atomic E-state index is 13.4. The first-order chi connectivity index (χ1) is 14.6. The van der Waals surface area contributed by atoms with Gasteiger partial charge >= 0.3 is 5.97 Å². The molecule has 2 heterocycles. The highest BCUT2D eigenvalue weighted by molar-refractivity contribution is 8.06. The molecule has 1 amide bonds. The van der Waals surface area contributed by atoms with Crippen LogP contribution in [0.2, 0.25) is 0 Å². The van der Waals surface area contributed by atoms with Gasteiger partial charge in [0.05, 0.1) is 0 Å². The molecule has 30 heavy (non-hydrogen) atoms. The van der Waals surface area contributed by atoms with Crippen LogP contribution in [-0.2, 0) is 14.3 Å². The van der Waals surface area contributed by atoms with Gasteiger partial charge in [-0.05, 0) is 11.1 Å². The smallest absolute Gasteiger partial charge is 0.356 e. The number of hydrogen-bond acceptors (Lipinski definition) is 6. The van der Waals surface area contributed by atoms with E-state index < -0.39 is 18.1 Å². The summed E-state index contributed by atoms with van der Waals surface area (Å²) in [6.45, 7) is 3.75. The van der Waals surface area contributed by atoms with Crippen molar-refractivity contribution in [3.63, 3.8) is 0 Å². The van der Waals surface area contributed by atoms with E-state index in [0.29, 0.717) is 17.2 Å². The molecule has 0 saturated carbocycles. The standard InChI is InChI=1S/C23H22N2O3S2/c1-2-13-29-17-14-30-22-18(24)21(26)25(22)19(17)23(27)28-20(15-9-5-3-6-10-15)16-11-7-4-8-12-16/h2-12,18,20,22H,1,13-14,24H2/t18-,22-/m1/s1. The average molecular weight is 439 g/mol. The molecule has 2 aliphatic rings. The van der Waals surface area contributed by atoms with Crippen molar-refractivity contribution < 1.29 is 14.3 Å². The molecule has 4 rings (SSSR count). The second kappa shape index (κ2) is 9.12. The fourth-order valence-corrected chi connectivity index (χ4v) is 5.81. The van der Waals surface area contributed by atoms with E-state index in [-0.39, 0.29) is 11.3 Å². The highest BCUT2D eigenvalue weighted by Gasteiger charge is 2.52. The molecule has 2 aromatic carbocycles. The molecule has 0 bridgehead atoms. The molecule has 0 aliphatic carbocycles. The van der Waals surface area contributed by atoms with E-state index in [1.54, 1.807) is 17.8 Å². The van der Waals surface area contributed by atoms with Crippen molar-refractivity contribution >= 4 is 35.4 Å². The summed E-state index contributed by atoms with van der Waals surface area (Å²) in [5, 5.41) is -0.222. The quantitative estimate of drug-likeness (QED) is 0.404. The number of fused-ring (bicyclic) bond motifs is 1. The van der Waals surface area contributed by atoms with Crippen molar-refractivity contribution in [2.75, 3.05) is 11.5 Å². The summed E-state index contributed by atoms with van der Waals surface area (Å²) in [5.74, 6) is 0.509. The number of β-lactam (4-membered cyclic amide) rings is 1. The van der Waals surface area contributed by atoms with Crippen LogP contribution >= 0.6 is 23.5 Å². The van der Waals surface area contributed by atoms with Gasteiger partial charge in [-0.15, -0.1) is 30.1 Å². The number of benzene rings is 2. The Balaban J connectivity index is 1.68. The molecule has 0 spiro atoms. The van der Waals surface area contributed by atoms with Crippen LogP contribution in [0.5, 0.6) is 0 Å². The Morgan fingerprint density at radius 1 is 1.20 bits per heavy atom.